The van der Waals surface area contributed by atoms with Crippen molar-refractivity contribution < 1.29 is 4.74 Å². The van der Waals surface area contributed by atoms with E-state index in [1.54, 1.807) is 4.68 Å². The van der Waals surface area contributed by atoms with Crippen LogP contribution in [0.2, 0.25) is 0 Å². The van der Waals surface area contributed by atoms with Crippen LogP contribution in [0.4, 0.5) is 5.95 Å². The molecule has 0 amide bonds. The van der Waals surface area contributed by atoms with Crippen molar-refractivity contribution in [1.82, 2.24) is 20.2 Å². The van der Waals surface area contributed by atoms with Crippen LogP contribution in [0.3, 0.4) is 0 Å². The van der Waals surface area contributed by atoms with Crippen molar-refractivity contribution in [1.29, 1.82) is 0 Å². The fraction of sp³-hybridized carbons (Fsp3) is 0.857. The first-order chi connectivity index (χ1) is 6.83. The van der Waals surface area contributed by atoms with Crippen molar-refractivity contribution in [3.63, 3.8) is 0 Å². The van der Waals surface area contributed by atoms with E-state index in [-0.39, 0.29) is 6.04 Å². The van der Waals surface area contributed by atoms with E-state index in [9.17, 15) is 0 Å². The lowest BCUT2D eigenvalue weighted by Crippen LogP contribution is -2.50. The van der Waals surface area contributed by atoms with Crippen LogP contribution in [-0.2, 0) is 11.8 Å². The Kier molecular flexibility index (Phi) is 2.60. The summed E-state index contributed by atoms with van der Waals surface area (Å²) < 4.78 is 6.99. The number of aromatic nitrogens is 4. The lowest BCUT2D eigenvalue weighted by atomic mass is 10.2. The zero-order chi connectivity index (χ0) is 9.97. The number of nitrogens with zero attached hydrogens (tertiary/aromatic N) is 5. The molecule has 0 spiro atoms. The third kappa shape index (κ3) is 1.55. The molecule has 0 aromatic carbocycles. The summed E-state index contributed by atoms with van der Waals surface area (Å²) in [5.41, 5.74) is 5.65. The minimum Gasteiger partial charge on any atom is -0.377 e. The third-order valence-corrected chi connectivity index (χ3v) is 2.35. The lowest BCUT2D eigenvalue weighted by Gasteiger charge is -2.34. The predicted molar refractivity (Wildman–Crippen MR) is 49.8 cm³/mol. The first-order valence-electron chi connectivity index (χ1n) is 4.59. The van der Waals surface area contributed by atoms with Gasteiger partial charge in [-0.1, -0.05) is 5.10 Å². The number of nitrogens with two attached hydrogens (primary N) is 1. The zero-order valence-electron chi connectivity index (χ0n) is 8.13. The number of tetrazole rings is 1. The molecule has 0 aliphatic carbocycles. The highest BCUT2D eigenvalue weighted by molar-refractivity contribution is 5.30. The second-order valence-corrected chi connectivity index (χ2v) is 3.26. The monoisotopic (exact) mass is 198 g/mol. The van der Waals surface area contributed by atoms with Gasteiger partial charge in [-0.15, -0.1) is 0 Å². The van der Waals surface area contributed by atoms with Gasteiger partial charge in [0.15, 0.2) is 0 Å². The molecule has 1 unspecified atom stereocenters. The molecule has 1 atom stereocenters. The molecule has 7 nitrogen and oxygen atoms in total. The predicted octanol–water partition coefficient (Wildman–Crippen LogP) is -1.63. The summed E-state index contributed by atoms with van der Waals surface area (Å²) in [5.74, 6) is 0.753. The Morgan fingerprint density at radius 1 is 1.64 bits per heavy atom. The fourth-order valence-corrected chi connectivity index (χ4v) is 1.58. The van der Waals surface area contributed by atoms with Gasteiger partial charge in [-0.3, -0.25) is 0 Å². The average molecular weight is 198 g/mol. The minimum absolute atomic E-state index is 0.174. The highest BCUT2D eigenvalue weighted by atomic mass is 16.5. The first-order valence-corrected chi connectivity index (χ1v) is 4.59. The highest BCUT2D eigenvalue weighted by Gasteiger charge is 2.25. The van der Waals surface area contributed by atoms with Gasteiger partial charge in [0.05, 0.1) is 19.3 Å². The molecule has 78 valence electrons. The maximum Gasteiger partial charge on any atom is 0.245 e. The Bertz CT molecular complexity index is 300. The summed E-state index contributed by atoms with van der Waals surface area (Å²) in [6.45, 7) is 2.68. The number of rotatable bonds is 2. The molecule has 1 aliphatic heterocycles. The van der Waals surface area contributed by atoms with Crippen LogP contribution < -0.4 is 10.6 Å². The van der Waals surface area contributed by atoms with Crippen molar-refractivity contribution in [2.75, 3.05) is 31.2 Å². The molecule has 14 heavy (non-hydrogen) atoms. The highest BCUT2D eigenvalue weighted by Crippen LogP contribution is 2.13. The second-order valence-electron chi connectivity index (χ2n) is 3.26. The van der Waals surface area contributed by atoms with Crippen molar-refractivity contribution >= 4 is 5.95 Å². The van der Waals surface area contributed by atoms with Gasteiger partial charge in [0, 0.05) is 20.1 Å². The van der Waals surface area contributed by atoms with Gasteiger partial charge < -0.3 is 15.4 Å². The number of ether oxygens (including phenoxy) is 1. The summed E-state index contributed by atoms with van der Waals surface area (Å²) in [7, 11) is 1.82. The Labute approximate surface area is 81.8 Å². The number of morpholine rings is 1. The molecule has 1 aromatic heterocycles. The second kappa shape index (κ2) is 3.89. The summed E-state index contributed by atoms with van der Waals surface area (Å²) in [5, 5.41) is 11.4. The van der Waals surface area contributed by atoms with Gasteiger partial charge in [0.2, 0.25) is 5.95 Å². The van der Waals surface area contributed by atoms with Crippen molar-refractivity contribution in [2.24, 2.45) is 12.8 Å². The third-order valence-electron chi connectivity index (χ3n) is 2.35. The molecule has 1 saturated heterocycles. The molecule has 2 rings (SSSR count). The number of aryl methyl sites for hydroxylation is 1. The maximum atomic E-state index is 5.65. The minimum atomic E-state index is 0.174. The Hall–Kier alpha value is -1.21. The summed E-state index contributed by atoms with van der Waals surface area (Å²) >= 11 is 0. The molecule has 1 fully saturated rings. The molecule has 0 bridgehead atoms. The first kappa shape index (κ1) is 9.35. The smallest absolute Gasteiger partial charge is 0.245 e. The fourth-order valence-electron chi connectivity index (χ4n) is 1.58. The Morgan fingerprint density at radius 3 is 3.14 bits per heavy atom. The van der Waals surface area contributed by atoms with Crippen molar-refractivity contribution in [3.05, 3.63) is 0 Å². The maximum absolute atomic E-state index is 5.65. The zero-order valence-corrected chi connectivity index (χ0v) is 8.13. The largest absolute Gasteiger partial charge is 0.377 e. The van der Waals surface area contributed by atoms with Gasteiger partial charge in [-0.2, -0.15) is 0 Å². The quantitative estimate of drug-likeness (QED) is 0.614. The van der Waals surface area contributed by atoms with Crippen LogP contribution in [0.1, 0.15) is 0 Å². The normalized spacial score (nSPS) is 22.7. The molecule has 1 aliphatic rings. The number of hydrogen-bond acceptors (Lipinski definition) is 6. The van der Waals surface area contributed by atoms with Crippen LogP contribution in [0.15, 0.2) is 0 Å². The molecule has 2 N–H and O–H groups in total. The van der Waals surface area contributed by atoms with E-state index < -0.39 is 0 Å². The van der Waals surface area contributed by atoms with Crippen LogP contribution in [0.25, 0.3) is 0 Å². The molecule has 7 heteroatoms. The summed E-state index contributed by atoms with van der Waals surface area (Å²) in [6.07, 6.45) is 0. The van der Waals surface area contributed by atoms with E-state index in [1.807, 2.05) is 7.05 Å². The lowest BCUT2D eigenvalue weighted by molar-refractivity contribution is 0.0950. The van der Waals surface area contributed by atoms with E-state index in [1.165, 1.54) is 0 Å². The van der Waals surface area contributed by atoms with E-state index in [2.05, 4.69) is 20.4 Å². The molecular weight excluding hydrogens is 184 g/mol. The van der Waals surface area contributed by atoms with Crippen LogP contribution in [-0.4, -0.2) is 52.6 Å². The van der Waals surface area contributed by atoms with E-state index >= 15 is 0 Å². The summed E-state index contributed by atoms with van der Waals surface area (Å²) in [4.78, 5) is 2.09. The average Bonchev–Trinajstić information content (AvgIpc) is 2.64. The molecule has 1 aromatic rings. The van der Waals surface area contributed by atoms with Gasteiger partial charge in [0.25, 0.3) is 0 Å². The van der Waals surface area contributed by atoms with Crippen LogP contribution >= 0.6 is 0 Å². The Balaban J connectivity index is 2.19. The van der Waals surface area contributed by atoms with Crippen LogP contribution in [0, 0.1) is 0 Å². The molecule has 2 heterocycles. The number of anilines is 1. The van der Waals surface area contributed by atoms with E-state index in [0.29, 0.717) is 19.8 Å². The van der Waals surface area contributed by atoms with Gasteiger partial charge in [0.1, 0.15) is 0 Å². The van der Waals surface area contributed by atoms with E-state index in [4.69, 9.17) is 10.5 Å². The standard InChI is InChI=1S/C7H14N6O/c1-12-7(9-10-11-12)13-2-3-14-5-6(13)4-8/h6H,2-5,8H2,1H3. The topological polar surface area (TPSA) is 82.1 Å². The number of hydrogen-bond donors (Lipinski definition) is 1. The van der Waals surface area contributed by atoms with Crippen molar-refractivity contribution in [2.45, 2.75) is 6.04 Å². The molecule has 0 saturated carbocycles. The van der Waals surface area contributed by atoms with Gasteiger partial charge >= 0.3 is 0 Å². The summed E-state index contributed by atoms with van der Waals surface area (Å²) in [6, 6.07) is 0.174. The SMILES string of the molecule is Cn1nnnc1N1CCOCC1CN. The van der Waals surface area contributed by atoms with E-state index in [0.717, 1.165) is 12.5 Å². The van der Waals surface area contributed by atoms with Gasteiger partial charge in [-0.25, -0.2) is 4.68 Å². The Morgan fingerprint density at radius 2 is 2.50 bits per heavy atom. The van der Waals surface area contributed by atoms with Crippen molar-refractivity contribution in [3.8, 4) is 0 Å². The van der Waals surface area contributed by atoms with Crippen LogP contribution in [0.5, 0.6) is 0 Å². The van der Waals surface area contributed by atoms with Gasteiger partial charge in [-0.05, 0) is 10.4 Å². The molecular formula is C7H14N6O. The molecule has 0 radical (unpaired) electrons.